The van der Waals surface area contributed by atoms with Crippen LogP contribution in [0.3, 0.4) is 0 Å². The molecule has 188 valence electrons. The smallest absolute Gasteiger partial charge is 0.257 e. The van der Waals surface area contributed by atoms with E-state index in [1.807, 2.05) is 47.5 Å². The van der Waals surface area contributed by atoms with Crippen LogP contribution in [0.5, 0.6) is 5.75 Å². The summed E-state index contributed by atoms with van der Waals surface area (Å²) in [5.41, 5.74) is 4.39. The maximum absolute atomic E-state index is 13.5. The lowest BCUT2D eigenvalue weighted by Gasteiger charge is -2.25. The van der Waals surface area contributed by atoms with Crippen molar-refractivity contribution in [3.8, 4) is 5.75 Å². The number of aromatic nitrogens is 2. The lowest BCUT2D eigenvalue weighted by molar-refractivity contribution is -0.120. The third-order valence-electron chi connectivity index (χ3n) is 7.21. The molecule has 2 amide bonds. The van der Waals surface area contributed by atoms with Crippen LogP contribution in [0.1, 0.15) is 53.7 Å². The van der Waals surface area contributed by atoms with Gasteiger partial charge in [-0.3, -0.25) is 9.59 Å². The highest BCUT2D eigenvalue weighted by Crippen LogP contribution is 2.32. The highest BCUT2D eigenvalue weighted by molar-refractivity contribution is 5.97. The Morgan fingerprint density at radius 1 is 1.11 bits per heavy atom. The lowest BCUT2D eigenvalue weighted by atomic mass is 9.88. The second-order valence-electron chi connectivity index (χ2n) is 9.59. The van der Waals surface area contributed by atoms with Crippen LogP contribution < -0.4 is 15.0 Å². The first kappa shape index (κ1) is 23.9. The number of hydrogen-bond donors (Lipinski definition) is 2. The van der Waals surface area contributed by atoms with Crippen LogP contribution in [0.15, 0.2) is 55.0 Å². The van der Waals surface area contributed by atoms with E-state index in [1.165, 1.54) is 6.42 Å². The van der Waals surface area contributed by atoms with Gasteiger partial charge in [0.1, 0.15) is 5.75 Å². The molecule has 2 heterocycles. The second-order valence-corrected chi connectivity index (χ2v) is 9.59. The van der Waals surface area contributed by atoms with E-state index in [0.717, 1.165) is 48.3 Å². The average Bonchev–Trinajstić information content (AvgIpc) is 3.37. The Morgan fingerprint density at radius 3 is 2.72 bits per heavy atom. The number of rotatable bonds is 6. The van der Waals surface area contributed by atoms with Crippen molar-refractivity contribution in [2.45, 2.75) is 45.2 Å². The number of amides is 2. The van der Waals surface area contributed by atoms with Gasteiger partial charge < -0.3 is 24.8 Å². The number of methoxy groups -OCH3 is 1. The fourth-order valence-corrected chi connectivity index (χ4v) is 5.23. The Bertz CT molecular complexity index is 1200. The molecular weight excluding hydrogens is 454 g/mol. The molecule has 1 aliphatic carbocycles. The van der Waals surface area contributed by atoms with Gasteiger partial charge in [0.2, 0.25) is 5.91 Å². The number of nitrogens with zero attached hydrogens (tertiary/aromatic N) is 3. The van der Waals surface area contributed by atoms with Crippen LogP contribution in [-0.2, 0) is 17.9 Å². The first-order valence-electron chi connectivity index (χ1n) is 12.7. The fourth-order valence-electron chi connectivity index (χ4n) is 5.23. The van der Waals surface area contributed by atoms with Gasteiger partial charge in [0.15, 0.2) is 0 Å². The number of carbonyl (C=O) groups excluding carboxylic acids is 2. The molecule has 0 spiro atoms. The molecule has 8 heteroatoms. The van der Waals surface area contributed by atoms with Crippen molar-refractivity contribution in [2.75, 3.05) is 30.4 Å². The molecule has 1 fully saturated rings. The second kappa shape index (κ2) is 10.8. The monoisotopic (exact) mass is 487 g/mol. The van der Waals surface area contributed by atoms with E-state index in [1.54, 1.807) is 19.5 Å². The van der Waals surface area contributed by atoms with E-state index in [4.69, 9.17) is 4.74 Å². The summed E-state index contributed by atoms with van der Waals surface area (Å²) in [5, 5.41) is 3.15. The quantitative estimate of drug-likeness (QED) is 0.530. The van der Waals surface area contributed by atoms with Crippen molar-refractivity contribution in [3.05, 3.63) is 71.8 Å². The van der Waals surface area contributed by atoms with Crippen LogP contribution in [-0.4, -0.2) is 46.9 Å². The summed E-state index contributed by atoms with van der Waals surface area (Å²) in [5.74, 6) is 0.711. The Labute approximate surface area is 211 Å². The predicted molar refractivity (Wildman–Crippen MR) is 139 cm³/mol. The zero-order chi connectivity index (χ0) is 24.9. The SMILES string of the molecule is COc1ccccc1C(=O)N1CCN(Cc2cnc[nH]2)c2cc(NC(=O)C3CCCCC3)ccc2C1. The van der Waals surface area contributed by atoms with Gasteiger partial charge in [-0.1, -0.05) is 37.5 Å². The molecule has 0 bridgehead atoms. The molecule has 3 aromatic rings. The van der Waals surface area contributed by atoms with Crippen LogP contribution >= 0.6 is 0 Å². The Hall–Kier alpha value is -3.81. The third-order valence-corrected chi connectivity index (χ3v) is 7.21. The predicted octanol–water partition coefficient (Wildman–Crippen LogP) is 4.60. The van der Waals surface area contributed by atoms with Gasteiger partial charge >= 0.3 is 0 Å². The van der Waals surface area contributed by atoms with E-state index >= 15 is 0 Å². The van der Waals surface area contributed by atoms with E-state index in [0.29, 0.717) is 37.5 Å². The van der Waals surface area contributed by atoms with Crippen molar-refractivity contribution in [3.63, 3.8) is 0 Å². The number of anilines is 2. The number of fused-ring (bicyclic) bond motifs is 1. The van der Waals surface area contributed by atoms with Crippen LogP contribution in [0, 0.1) is 5.92 Å². The molecule has 0 atom stereocenters. The topological polar surface area (TPSA) is 90.6 Å². The van der Waals surface area contributed by atoms with Crippen molar-refractivity contribution < 1.29 is 14.3 Å². The van der Waals surface area contributed by atoms with E-state index in [-0.39, 0.29) is 17.7 Å². The Balaban J connectivity index is 1.42. The molecule has 2 aliphatic rings. The van der Waals surface area contributed by atoms with Crippen molar-refractivity contribution in [2.24, 2.45) is 5.92 Å². The van der Waals surface area contributed by atoms with Crippen molar-refractivity contribution >= 4 is 23.2 Å². The highest BCUT2D eigenvalue weighted by atomic mass is 16.5. The summed E-state index contributed by atoms with van der Waals surface area (Å²) in [6, 6.07) is 13.4. The minimum absolute atomic E-state index is 0.0588. The number of benzene rings is 2. The number of aromatic amines is 1. The number of ether oxygens (including phenoxy) is 1. The van der Waals surface area contributed by atoms with Gasteiger partial charge in [-0.2, -0.15) is 0 Å². The van der Waals surface area contributed by atoms with Gasteiger partial charge in [-0.05, 0) is 42.7 Å². The van der Waals surface area contributed by atoms with Crippen LogP contribution in [0.25, 0.3) is 0 Å². The lowest BCUT2D eigenvalue weighted by Crippen LogP contribution is -2.35. The maximum Gasteiger partial charge on any atom is 0.257 e. The number of hydrogen-bond acceptors (Lipinski definition) is 5. The molecule has 8 nitrogen and oxygen atoms in total. The summed E-state index contributed by atoms with van der Waals surface area (Å²) in [7, 11) is 1.58. The molecule has 2 N–H and O–H groups in total. The zero-order valence-corrected chi connectivity index (χ0v) is 20.7. The molecule has 1 saturated carbocycles. The van der Waals surface area contributed by atoms with Gasteiger partial charge in [0, 0.05) is 43.1 Å². The van der Waals surface area contributed by atoms with Gasteiger partial charge in [0.05, 0.1) is 31.2 Å². The first-order chi connectivity index (χ1) is 17.6. The summed E-state index contributed by atoms with van der Waals surface area (Å²) in [6.07, 6.45) is 8.87. The molecule has 0 radical (unpaired) electrons. The fraction of sp³-hybridized carbons (Fsp3) is 0.393. The molecule has 0 unspecified atom stereocenters. The Kier molecular flexibility index (Phi) is 7.21. The minimum atomic E-state index is -0.0588. The highest BCUT2D eigenvalue weighted by Gasteiger charge is 2.27. The summed E-state index contributed by atoms with van der Waals surface area (Å²) >= 11 is 0. The number of nitrogens with one attached hydrogen (secondary N) is 2. The summed E-state index contributed by atoms with van der Waals surface area (Å²) in [4.78, 5) is 37.9. The number of para-hydroxylation sites is 1. The number of H-pyrrole nitrogens is 1. The summed E-state index contributed by atoms with van der Waals surface area (Å²) < 4.78 is 5.44. The average molecular weight is 488 g/mol. The van der Waals surface area contributed by atoms with Gasteiger partial charge in [-0.25, -0.2) is 4.98 Å². The van der Waals surface area contributed by atoms with Gasteiger partial charge in [-0.15, -0.1) is 0 Å². The molecule has 1 aliphatic heterocycles. The van der Waals surface area contributed by atoms with Crippen LogP contribution in [0.4, 0.5) is 11.4 Å². The van der Waals surface area contributed by atoms with Crippen molar-refractivity contribution in [1.29, 1.82) is 0 Å². The number of carbonyl (C=O) groups is 2. The van der Waals surface area contributed by atoms with Gasteiger partial charge in [0.25, 0.3) is 5.91 Å². The standard InChI is InChI=1S/C28H33N5O3/c1-36-26-10-6-5-9-24(26)28(35)33-14-13-32(18-23-16-29-19-30-23)25-15-22(12-11-21(25)17-33)31-27(34)20-7-3-2-4-8-20/h5-6,9-12,15-16,19-20H,2-4,7-8,13-14,17-18H2,1H3,(H,29,30)(H,31,34). The molecule has 2 aromatic carbocycles. The van der Waals surface area contributed by atoms with E-state index in [9.17, 15) is 9.59 Å². The third kappa shape index (κ3) is 5.22. The van der Waals surface area contributed by atoms with Crippen molar-refractivity contribution in [1.82, 2.24) is 14.9 Å². The summed E-state index contributed by atoms with van der Waals surface area (Å²) in [6.45, 7) is 2.31. The first-order valence-corrected chi connectivity index (χ1v) is 12.7. The number of imidazole rings is 1. The molecule has 0 saturated heterocycles. The van der Waals surface area contributed by atoms with E-state index in [2.05, 4.69) is 20.2 Å². The molecule has 1 aromatic heterocycles. The van der Waals surface area contributed by atoms with Crippen LogP contribution in [0.2, 0.25) is 0 Å². The maximum atomic E-state index is 13.5. The molecular formula is C28H33N5O3. The molecule has 36 heavy (non-hydrogen) atoms. The normalized spacial score (nSPS) is 16.2. The largest absolute Gasteiger partial charge is 0.496 e. The Morgan fingerprint density at radius 2 is 1.94 bits per heavy atom. The van der Waals surface area contributed by atoms with E-state index < -0.39 is 0 Å². The minimum Gasteiger partial charge on any atom is -0.496 e. The molecule has 5 rings (SSSR count). The zero-order valence-electron chi connectivity index (χ0n) is 20.7.